The fraction of sp³-hybridized carbons (Fsp3) is 0.714. The first-order valence-corrected chi connectivity index (χ1v) is 3.96. The van der Waals surface area contributed by atoms with Crippen LogP contribution in [0.2, 0.25) is 0 Å². The van der Waals surface area contributed by atoms with Crippen molar-refractivity contribution in [3.05, 3.63) is 0 Å². The van der Waals surface area contributed by atoms with Crippen LogP contribution in [-0.4, -0.2) is 35.7 Å². The van der Waals surface area contributed by atoms with Crippen molar-refractivity contribution in [1.82, 2.24) is 4.90 Å². The number of alkyl halides is 3. The van der Waals surface area contributed by atoms with E-state index in [0.717, 1.165) is 0 Å². The van der Waals surface area contributed by atoms with E-state index in [4.69, 9.17) is 0 Å². The number of nitrogens with zero attached hydrogens (tertiary/aromatic N) is 1. The Kier molecular flexibility index (Phi) is 2.68. The van der Waals surface area contributed by atoms with Crippen molar-refractivity contribution < 1.29 is 27.5 Å². The zero-order valence-electron chi connectivity index (χ0n) is 7.30. The maximum atomic E-state index is 12.1. The number of amides is 2. The predicted molar refractivity (Wildman–Crippen MR) is 38.3 cm³/mol. The number of carbonyl (C=O) groups is 2. The monoisotopic (exact) mass is 211 g/mol. The van der Waals surface area contributed by atoms with Gasteiger partial charge in [0, 0.05) is 6.54 Å². The minimum absolute atomic E-state index is 0.0513. The predicted octanol–water partition coefficient (Wildman–Crippen LogP) is 1.31. The van der Waals surface area contributed by atoms with Gasteiger partial charge in [-0.25, -0.2) is 9.69 Å². The van der Waals surface area contributed by atoms with Crippen molar-refractivity contribution in [2.75, 3.05) is 6.54 Å². The standard InChI is InChI=1S/C7H8F3NO3/c1-2-3-11-5(12)4(7(8,9)10)14-6(11)13/h4H,2-3H2,1H3/t4-/m1/s1. The second kappa shape index (κ2) is 3.47. The zero-order valence-corrected chi connectivity index (χ0v) is 7.30. The summed E-state index contributed by atoms with van der Waals surface area (Å²) < 4.78 is 40.1. The summed E-state index contributed by atoms with van der Waals surface area (Å²) in [5, 5.41) is 0. The largest absolute Gasteiger partial charge is 0.434 e. The van der Waals surface area contributed by atoms with Gasteiger partial charge in [0.15, 0.2) is 0 Å². The molecule has 80 valence electrons. The summed E-state index contributed by atoms with van der Waals surface area (Å²) in [7, 11) is 0. The van der Waals surface area contributed by atoms with Gasteiger partial charge >= 0.3 is 12.3 Å². The van der Waals surface area contributed by atoms with Crippen LogP contribution in [0, 0.1) is 0 Å². The molecular formula is C7H8F3NO3. The van der Waals surface area contributed by atoms with E-state index in [1.807, 2.05) is 0 Å². The van der Waals surface area contributed by atoms with Crippen LogP contribution in [0.15, 0.2) is 0 Å². The third-order valence-corrected chi connectivity index (χ3v) is 1.67. The third kappa shape index (κ3) is 1.80. The van der Waals surface area contributed by atoms with Crippen molar-refractivity contribution in [3.63, 3.8) is 0 Å². The van der Waals surface area contributed by atoms with Crippen LogP contribution in [0.1, 0.15) is 13.3 Å². The second-order valence-electron chi connectivity index (χ2n) is 2.80. The van der Waals surface area contributed by atoms with Crippen molar-refractivity contribution in [1.29, 1.82) is 0 Å². The highest BCUT2D eigenvalue weighted by Crippen LogP contribution is 2.29. The Morgan fingerprint density at radius 3 is 2.36 bits per heavy atom. The van der Waals surface area contributed by atoms with Gasteiger partial charge in [-0.1, -0.05) is 6.92 Å². The number of cyclic esters (lactones) is 1. The molecular weight excluding hydrogens is 203 g/mol. The van der Waals surface area contributed by atoms with Crippen LogP contribution in [0.4, 0.5) is 18.0 Å². The zero-order chi connectivity index (χ0) is 10.9. The minimum atomic E-state index is -4.82. The Bertz CT molecular complexity index is 263. The van der Waals surface area contributed by atoms with Gasteiger partial charge in [-0.3, -0.25) is 4.79 Å². The third-order valence-electron chi connectivity index (χ3n) is 1.67. The lowest BCUT2D eigenvalue weighted by molar-refractivity contribution is -0.196. The van der Waals surface area contributed by atoms with Crippen LogP contribution in [0.5, 0.6) is 0 Å². The molecule has 0 bridgehead atoms. The normalized spacial score (nSPS) is 22.9. The summed E-state index contributed by atoms with van der Waals surface area (Å²) >= 11 is 0. The molecule has 0 aliphatic carbocycles. The van der Waals surface area contributed by atoms with Crippen LogP contribution in [0.3, 0.4) is 0 Å². The van der Waals surface area contributed by atoms with E-state index in [0.29, 0.717) is 11.3 Å². The topological polar surface area (TPSA) is 46.6 Å². The number of hydrogen-bond acceptors (Lipinski definition) is 3. The van der Waals surface area contributed by atoms with Crippen LogP contribution >= 0.6 is 0 Å². The summed E-state index contributed by atoms with van der Waals surface area (Å²) in [6.45, 7) is 1.59. The van der Waals surface area contributed by atoms with E-state index in [2.05, 4.69) is 4.74 Å². The Balaban J connectivity index is 2.79. The average Bonchev–Trinajstić information content (AvgIpc) is 2.31. The molecule has 1 aliphatic heterocycles. The quantitative estimate of drug-likeness (QED) is 0.691. The Labute approximate surface area is 77.6 Å². The summed E-state index contributed by atoms with van der Waals surface area (Å²) in [6.07, 6.45) is -8.28. The molecule has 1 aliphatic rings. The van der Waals surface area contributed by atoms with Gasteiger partial charge in [-0.05, 0) is 6.42 Å². The van der Waals surface area contributed by atoms with E-state index in [1.54, 1.807) is 6.92 Å². The van der Waals surface area contributed by atoms with E-state index in [9.17, 15) is 22.8 Å². The number of hydrogen-bond donors (Lipinski definition) is 0. The molecule has 0 aromatic rings. The van der Waals surface area contributed by atoms with E-state index >= 15 is 0 Å². The van der Waals surface area contributed by atoms with Gasteiger partial charge in [-0.2, -0.15) is 13.2 Å². The van der Waals surface area contributed by atoms with E-state index < -0.39 is 24.3 Å². The molecule has 2 amide bonds. The summed E-state index contributed by atoms with van der Waals surface area (Å²) in [5.74, 6) is -1.33. The smallest absolute Gasteiger partial charge is 0.426 e. The highest BCUT2D eigenvalue weighted by atomic mass is 19.4. The van der Waals surface area contributed by atoms with Crippen molar-refractivity contribution in [2.45, 2.75) is 25.6 Å². The Morgan fingerprint density at radius 2 is 2.00 bits per heavy atom. The second-order valence-corrected chi connectivity index (χ2v) is 2.80. The lowest BCUT2D eigenvalue weighted by Crippen LogP contribution is -2.39. The Hall–Kier alpha value is -1.27. The summed E-state index contributed by atoms with van der Waals surface area (Å²) in [4.78, 5) is 22.3. The molecule has 0 unspecified atom stereocenters. The maximum Gasteiger partial charge on any atom is 0.434 e. The molecule has 7 heteroatoms. The molecule has 1 heterocycles. The molecule has 1 atom stereocenters. The number of carbonyl (C=O) groups excluding carboxylic acids is 2. The summed E-state index contributed by atoms with van der Waals surface area (Å²) in [5.41, 5.74) is 0. The lowest BCUT2D eigenvalue weighted by Gasteiger charge is -2.11. The van der Waals surface area contributed by atoms with Gasteiger partial charge in [0.05, 0.1) is 0 Å². The first-order chi connectivity index (χ1) is 6.38. The van der Waals surface area contributed by atoms with E-state index in [1.165, 1.54) is 0 Å². The van der Waals surface area contributed by atoms with Gasteiger partial charge < -0.3 is 4.74 Å². The molecule has 0 aromatic heterocycles. The number of imide groups is 1. The fourth-order valence-corrected chi connectivity index (χ4v) is 1.08. The first kappa shape index (κ1) is 10.8. The van der Waals surface area contributed by atoms with Crippen molar-refractivity contribution >= 4 is 12.0 Å². The number of ether oxygens (including phenoxy) is 1. The van der Waals surface area contributed by atoms with Crippen molar-refractivity contribution in [2.24, 2.45) is 0 Å². The molecule has 0 spiro atoms. The van der Waals surface area contributed by atoms with Crippen molar-refractivity contribution in [3.8, 4) is 0 Å². The van der Waals surface area contributed by atoms with Gasteiger partial charge in [0.2, 0.25) is 0 Å². The summed E-state index contributed by atoms with van der Waals surface area (Å²) in [6, 6.07) is 0. The fourth-order valence-electron chi connectivity index (χ4n) is 1.08. The Morgan fingerprint density at radius 1 is 1.43 bits per heavy atom. The van der Waals surface area contributed by atoms with Gasteiger partial charge in [0.25, 0.3) is 12.0 Å². The number of halogens is 3. The SMILES string of the molecule is CCCN1C(=O)O[C@@H](C(F)(F)F)C1=O. The molecule has 1 rings (SSSR count). The average molecular weight is 211 g/mol. The first-order valence-electron chi connectivity index (χ1n) is 3.96. The van der Waals surface area contributed by atoms with Gasteiger partial charge in [-0.15, -0.1) is 0 Å². The maximum absolute atomic E-state index is 12.1. The molecule has 14 heavy (non-hydrogen) atoms. The van der Waals surface area contributed by atoms with Gasteiger partial charge in [0.1, 0.15) is 0 Å². The minimum Gasteiger partial charge on any atom is -0.426 e. The lowest BCUT2D eigenvalue weighted by atomic mass is 10.3. The molecule has 1 fully saturated rings. The molecule has 0 aromatic carbocycles. The molecule has 0 radical (unpaired) electrons. The van der Waals surface area contributed by atoms with Crippen LogP contribution in [-0.2, 0) is 9.53 Å². The van der Waals surface area contributed by atoms with Crippen LogP contribution in [0.25, 0.3) is 0 Å². The highest BCUT2D eigenvalue weighted by Gasteiger charge is 2.55. The molecule has 1 saturated heterocycles. The molecule has 4 nitrogen and oxygen atoms in total. The highest BCUT2D eigenvalue weighted by molar-refractivity contribution is 6.00. The molecule has 0 saturated carbocycles. The molecule has 0 N–H and O–H groups in total. The van der Waals surface area contributed by atoms with Crippen LogP contribution < -0.4 is 0 Å². The van der Waals surface area contributed by atoms with E-state index in [-0.39, 0.29) is 6.54 Å². The number of rotatable bonds is 2.